The quantitative estimate of drug-likeness (QED) is 0.326. The molecule has 1 aliphatic carbocycles. The summed E-state index contributed by atoms with van der Waals surface area (Å²) in [6.45, 7) is 0.839. The van der Waals surface area contributed by atoms with Gasteiger partial charge >= 0.3 is 6.09 Å². The van der Waals surface area contributed by atoms with Crippen LogP contribution >= 0.6 is 0 Å². The molecule has 1 fully saturated rings. The molecule has 0 aliphatic heterocycles. The summed E-state index contributed by atoms with van der Waals surface area (Å²) in [6.07, 6.45) is -0.898. The van der Waals surface area contributed by atoms with Crippen molar-refractivity contribution in [3.8, 4) is 11.4 Å². The number of hydrogen-bond acceptors (Lipinski definition) is 8. The number of nitrogens with one attached hydrogen (secondary N) is 2. The molecule has 1 saturated carbocycles. The number of nitrogens with zero attached hydrogens (tertiary/aromatic N) is 5. The Morgan fingerprint density at radius 3 is 2.56 bits per heavy atom. The molecule has 190 valence electrons. The number of alkyl halides is 2. The van der Waals surface area contributed by atoms with Crippen molar-refractivity contribution in [1.82, 2.24) is 25.0 Å². The first-order valence-corrected chi connectivity index (χ1v) is 10.5. The lowest BCUT2D eigenvalue weighted by atomic mass is 10.1. The molecule has 3 heterocycles. The van der Waals surface area contributed by atoms with Gasteiger partial charge in [0.25, 0.3) is 5.92 Å². The number of pyridine rings is 2. The SMILES string of the molecule is C[C@@H](OC(=O)Nc1c(-c2ccc(NC(=O)C3(CN)CC3(F)F)cn2)nnn1C)c1cc(F)cnc1F. The van der Waals surface area contributed by atoms with Crippen molar-refractivity contribution in [3.63, 3.8) is 0 Å². The molecule has 0 saturated heterocycles. The highest BCUT2D eigenvalue weighted by Crippen LogP contribution is 2.60. The van der Waals surface area contributed by atoms with Gasteiger partial charge in [0.15, 0.2) is 11.5 Å². The summed E-state index contributed by atoms with van der Waals surface area (Å²) in [5.74, 6) is -5.79. The predicted molar refractivity (Wildman–Crippen MR) is 117 cm³/mol. The van der Waals surface area contributed by atoms with Crippen molar-refractivity contribution in [2.45, 2.75) is 25.4 Å². The zero-order valence-corrected chi connectivity index (χ0v) is 18.9. The molecule has 0 radical (unpaired) electrons. The van der Waals surface area contributed by atoms with Crippen LogP contribution < -0.4 is 16.4 Å². The highest BCUT2D eigenvalue weighted by Gasteiger charge is 2.75. The first-order valence-electron chi connectivity index (χ1n) is 10.5. The Labute approximate surface area is 201 Å². The van der Waals surface area contributed by atoms with Crippen LogP contribution in [0.1, 0.15) is 25.0 Å². The van der Waals surface area contributed by atoms with Gasteiger partial charge in [0, 0.05) is 20.0 Å². The number of amides is 2. The highest BCUT2D eigenvalue weighted by atomic mass is 19.3. The highest BCUT2D eigenvalue weighted by molar-refractivity contribution is 5.99. The minimum absolute atomic E-state index is 0.0639. The van der Waals surface area contributed by atoms with E-state index in [9.17, 15) is 27.2 Å². The molecule has 36 heavy (non-hydrogen) atoms. The third-order valence-electron chi connectivity index (χ3n) is 5.75. The molecule has 3 aromatic heterocycles. The van der Waals surface area contributed by atoms with Crippen LogP contribution in [0.3, 0.4) is 0 Å². The van der Waals surface area contributed by atoms with Gasteiger partial charge in [-0.15, -0.1) is 5.10 Å². The number of aryl methyl sites for hydroxylation is 1. The molecular formula is C21H20F4N8O3. The summed E-state index contributed by atoms with van der Waals surface area (Å²) in [5, 5.41) is 12.5. The molecule has 3 aromatic rings. The monoisotopic (exact) mass is 508 g/mol. The average Bonchev–Trinajstić information content (AvgIpc) is 3.25. The third-order valence-corrected chi connectivity index (χ3v) is 5.75. The van der Waals surface area contributed by atoms with Gasteiger partial charge in [0.2, 0.25) is 11.9 Å². The Kier molecular flexibility index (Phi) is 6.34. The van der Waals surface area contributed by atoms with E-state index in [2.05, 4.69) is 30.9 Å². The first kappa shape index (κ1) is 25.0. The number of carbonyl (C=O) groups is 2. The summed E-state index contributed by atoms with van der Waals surface area (Å²) in [5.41, 5.74) is 3.67. The van der Waals surface area contributed by atoms with Crippen molar-refractivity contribution in [3.05, 3.63) is 47.9 Å². The standard InChI is InChI=1S/C21H20F4N8O3/c1-10(13-5-11(22)6-28-16(13)23)36-19(35)30-17-15(31-32-33(17)2)14-4-3-12(7-27-14)29-18(34)20(9-26)8-21(20,24)25/h3-7,10H,8-9,26H2,1-2H3,(H,29,34)(H,30,35)/t10-,20?/m1/s1. The van der Waals surface area contributed by atoms with Gasteiger partial charge in [-0.1, -0.05) is 5.21 Å². The fraction of sp³-hybridized carbons (Fsp3) is 0.333. The Hall–Kier alpha value is -4.14. The number of carbonyl (C=O) groups excluding carboxylic acids is 2. The molecule has 15 heteroatoms. The van der Waals surface area contributed by atoms with Crippen LogP contribution in [-0.4, -0.2) is 49.4 Å². The van der Waals surface area contributed by atoms with E-state index in [4.69, 9.17) is 10.5 Å². The van der Waals surface area contributed by atoms with E-state index in [0.29, 0.717) is 6.20 Å². The minimum Gasteiger partial charge on any atom is -0.441 e. The number of halogens is 4. The summed E-state index contributed by atoms with van der Waals surface area (Å²) in [7, 11) is 1.47. The minimum atomic E-state index is -3.16. The molecule has 4 rings (SSSR count). The maximum Gasteiger partial charge on any atom is 0.413 e. The fourth-order valence-electron chi connectivity index (χ4n) is 3.50. The van der Waals surface area contributed by atoms with Gasteiger partial charge < -0.3 is 15.8 Å². The second kappa shape index (κ2) is 9.14. The van der Waals surface area contributed by atoms with Crippen LogP contribution in [0.5, 0.6) is 0 Å². The molecule has 2 atom stereocenters. The number of hydrogen-bond donors (Lipinski definition) is 3. The number of rotatable bonds is 7. The van der Waals surface area contributed by atoms with Crippen LogP contribution in [0.15, 0.2) is 30.6 Å². The predicted octanol–water partition coefficient (Wildman–Crippen LogP) is 2.78. The van der Waals surface area contributed by atoms with E-state index in [1.54, 1.807) is 0 Å². The van der Waals surface area contributed by atoms with E-state index in [-0.39, 0.29) is 28.5 Å². The van der Waals surface area contributed by atoms with E-state index >= 15 is 0 Å². The van der Waals surface area contributed by atoms with E-state index < -0.39 is 54.2 Å². The Morgan fingerprint density at radius 2 is 1.94 bits per heavy atom. The van der Waals surface area contributed by atoms with Crippen molar-refractivity contribution in [2.24, 2.45) is 18.2 Å². The van der Waals surface area contributed by atoms with Crippen LogP contribution in [0.4, 0.5) is 33.9 Å². The number of aromatic nitrogens is 5. The van der Waals surface area contributed by atoms with Gasteiger partial charge in [-0.3, -0.25) is 15.1 Å². The van der Waals surface area contributed by atoms with Crippen LogP contribution in [0, 0.1) is 17.2 Å². The zero-order chi connectivity index (χ0) is 26.3. The van der Waals surface area contributed by atoms with Gasteiger partial charge in [0.1, 0.15) is 17.3 Å². The third kappa shape index (κ3) is 4.56. The Bertz CT molecular complexity index is 1320. The molecule has 1 unspecified atom stereocenters. The van der Waals surface area contributed by atoms with E-state index in [1.165, 1.54) is 37.0 Å². The lowest BCUT2D eigenvalue weighted by molar-refractivity contribution is -0.124. The largest absolute Gasteiger partial charge is 0.441 e. The smallest absolute Gasteiger partial charge is 0.413 e. The van der Waals surface area contributed by atoms with Gasteiger partial charge in [-0.25, -0.2) is 27.6 Å². The van der Waals surface area contributed by atoms with Crippen molar-refractivity contribution in [2.75, 3.05) is 17.2 Å². The van der Waals surface area contributed by atoms with E-state index in [1.807, 2.05) is 0 Å². The lowest BCUT2D eigenvalue weighted by Gasteiger charge is -2.15. The molecule has 0 spiro atoms. The number of ether oxygens (including phenoxy) is 1. The summed E-state index contributed by atoms with van der Waals surface area (Å²) in [4.78, 5) is 32.1. The average molecular weight is 508 g/mol. The van der Waals surface area contributed by atoms with Crippen molar-refractivity contribution >= 4 is 23.5 Å². The number of anilines is 2. The second-order valence-electron chi connectivity index (χ2n) is 8.17. The van der Waals surface area contributed by atoms with E-state index in [0.717, 1.165) is 6.07 Å². The lowest BCUT2D eigenvalue weighted by Crippen LogP contribution is -2.35. The maximum absolute atomic E-state index is 13.8. The maximum atomic E-state index is 13.8. The Balaban J connectivity index is 1.45. The second-order valence-corrected chi connectivity index (χ2v) is 8.17. The summed E-state index contributed by atoms with van der Waals surface area (Å²) in [6, 6.07) is 3.69. The molecule has 1 aliphatic rings. The van der Waals surface area contributed by atoms with Gasteiger partial charge in [0.05, 0.1) is 29.3 Å². The molecule has 11 nitrogen and oxygen atoms in total. The first-order chi connectivity index (χ1) is 17.0. The molecule has 2 amide bonds. The summed E-state index contributed by atoms with van der Waals surface area (Å²) < 4.78 is 60.7. The normalized spacial score (nSPS) is 18.9. The molecular weight excluding hydrogens is 488 g/mol. The Morgan fingerprint density at radius 1 is 1.22 bits per heavy atom. The molecule has 4 N–H and O–H groups in total. The summed E-state index contributed by atoms with van der Waals surface area (Å²) >= 11 is 0. The van der Waals surface area contributed by atoms with Crippen LogP contribution in [0.2, 0.25) is 0 Å². The zero-order valence-electron chi connectivity index (χ0n) is 18.9. The van der Waals surface area contributed by atoms with Gasteiger partial charge in [-0.05, 0) is 25.1 Å². The fourth-order valence-corrected chi connectivity index (χ4v) is 3.50. The molecule has 0 aromatic carbocycles. The van der Waals surface area contributed by atoms with Gasteiger partial charge in [-0.2, -0.15) is 4.39 Å². The van der Waals surface area contributed by atoms with Crippen molar-refractivity contribution in [1.29, 1.82) is 0 Å². The topological polar surface area (TPSA) is 150 Å². The van der Waals surface area contributed by atoms with Crippen molar-refractivity contribution < 1.29 is 31.9 Å². The molecule has 0 bridgehead atoms. The number of nitrogens with two attached hydrogens (primary N) is 1. The van der Waals surface area contributed by atoms with Crippen LogP contribution in [-0.2, 0) is 16.6 Å². The van der Waals surface area contributed by atoms with Crippen LogP contribution in [0.25, 0.3) is 11.4 Å².